The molecule has 0 atom stereocenters. The van der Waals surface area contributed by atoms with E-state index < -0.39 is 40.7 Å². The summed E-state index contributed by atoms with van der Waals surface area (Å²) in [6.07, 6.45) is 1.98. The summed E-state index contributed by atoms with van der Waals surface area (Å²) in [5.74, 6) is -5.06. The third kappa shape index (κ3) is 7.88. The standard InChI is InChI=1S/C24H25F3N6O4/c25-17-10-19(27)20(11-18(17)26)30-24(37)32-23-29-12-16(22(36)31-23)15-4-2-14(3-5-15)13-33(8-1-7-28)9-6-21(34)35/h2-5,10-12H,1,6-9,13,28H2,(H,34,35)(H3,29,30,31,32,36,37). The quantitative estimate of drug-likeness (QED) is 0.245. The molecule has 0 aliphatic rings. The lowest BCUT2D eigenvalue weighted by molar-refractivity contribution is -0.137. The molecule has 6 N–H and O–H groups in total. The summed E-state index contributed by atoms with van der Waals surface area (Å²) in [5.41, 5.74) is 6.08. The van der Waals surface area contributed by atoms with Crippen molar-refractivity contribution < 1.29 is 27.9 Å². The van der Waals surface area contributed by atoms with E-state index in [1.165, 1.54) is 6.20 Å². The van der Waals surface area contributed by atoms with Crippen LogP contribution in [0.1, 0.15) is 18.4 Å². The first-order chi connectivity index (χ1) is 17.7. The fraction of sp³-hybridized carbons (Fsp3) is 0.250. The van der Waals surface area contributed by atoms with Crippen molar-refractivity contribution in [2.75, 3.05) is 30.3 Å². The number of aromatic amines is 1. The summed E-state index contributed by atoms with van der Waals surface area (Å²) in [7, 11) is 0. The predicted molar refractivity (Wildman–Crippen MR) is 130 cm³/mol. The molecule has 0 saturated carbocycles. The molecule has 2 amide bonds. The number of nitrogens with zero attached hydrogens (tertiary/aromatic N) is 2. The van der Waals surface area contributed by atoms with Crippen LogP contribution < -0.4 is 21.9 Å². The largest absolute Gasteiger partial charge is 0.481 e. The second-order valence-corrected chi connectivity index (χ2v) is 8.06. The monoisotopic (exact) mass is 518 g/mol. The van der Waals surface area contributed by atoms with Gasteiger partial charge in [0.15, 0.2) is 11.6 Å². The number of nitrogens with one attached hydrogen (secondary N) is 3. The number of urea groups is 1. The van der Waals surface area contributed by atoms with Gasteiger partial charge in [0.05, 0.1) is 17.7 Å². The van der Waals surface area contributed by atoms with Gasteiger partial charge in [0.25, 0.3) is 5.56 Å². The van der Waals surface area contributed by atoms with Crippen LogP contribution in [0.3, 0.4) is 0 Å². The number of benzene rings is 2. The average molecular weight is 518 g/mol. The lowest BCUT2D eigenvalue weighted by Crippen LogP contribution is -2.28. The minimum atomic E-state index is -1.40. The van der Waals surface area contributed by atoms with Crippen molar-refractivity contribution in [2.24, 2.45) is 5.73 Å². The Morgan fingerprint density at radius 3 is 2.38 bits per heavy atom. The first kappa shape index (κ1) is 27.4. The van der Waals surface area contributed by atoms with Crippen LogP contribution in [0.25, 0.3) is 11.1 Å². The van der Waals surface area contributed by atoms with E-state index in [-0.39, 0.29) is 17.9 Å². The lowest BCUT2D eigenvalue weighted by atomic mass is 10.1. The molecule has 0 aliphatic heterocycles. The molecule has 10 nitrogen and oxygen atoms in total. The number of anilines is 2. The number of carbonyl (C=O) groups excluding carboxylic acids is 1. The van der Waals surface area contributed by atoms with E-state index in [1.807, 2.05) is 10.2 Å². The minimum Gasteiger partial charge on any atom is -0.481 e. The second kappa shape index (κ2) is 12.6. The normalized spacial score (nSPS) is 10.9. The number of hydrogen-bond donors (Lipinski definition) is 5. The number of aliphatic carboxylic acids is 1. The number of amides is 2. The van der Waals surface area contributed by atoms with Crippen molar-refractivity contribution >= 4 is 23.6 Å². The van der Waals surface area contributed by atoms with Crippen LogP contribution >= 0.6 is 0 Å². The third-order valence-corrected chi connectivity index (χ3v) is 5.28. The number of aromatic nitrogens is 2. The highest BCUT2D eigenvalue weighted by atomic mass is 19.2. The van der Waals surface area contributed by atoms with Crippen molar-refractivity contribution in [1.29, 1.82) is 0 Å². The summed E-state index contributed by atoms with van der Waals surface area (Å²) in [4.78, 5) is 43.9. The van der Waals surface area contributed by atoms with Crippen LogP contribution in [0.5, 0.6) is 0 Å². The fourth-order valence-corrected chi connectivity index (χ4v) is 3.43. The fourth-order valence-electron chi connectivity index (χ4n) is 3.43. The summed E-state index contributed by atoms with van der Waals surface area (Å²) in [6.45, 7) is 2.04. The second-order valence-electron chi connectivity index (χ2n) is 8.06. The minimum absolute atomic E-state index is 0.0117. The van der Waals surface area contributed by atoms with Crippen LogP contribution in [0.4, 0.5) is 29.6 Å². The Kier molecular flexibility index (Phi) is 9.35. The topological polar surface area (TPSA) is 153 Å². The third-order valence-electron chi connectivity index (χ3n) is 5.28. The zero-order chi connectivity index (χ0) is 26.9. The van der Waals surface area contributed by atoms with Crippen LogP contribution in [-0.4, -0.2) is 51.6 Å². The van der Waals surface area contributed by atoms with E-state index in [4.69, 9.17) is 10.8 Å². The Morgan fingerprint density at radius 1 is 1.03 bits per heavy atom. The molecule has 0 fully saturated rings. The number of rotatable bonds is 11. The van der Waals surface area contributed by atoms with Gasteiger partial charge in [-0.15, -0.1) is 0 Å². The van der Waals surface area contributed by atoms with Gasteiger partial charge in [-0.3, -0.25) is 24.8 Å². The molecule has 2 aromatic carbocycles. The van der Waals surface area contributed by atoms with Gasteiger partial charge in [-0.25, -0.2) is 22.9 Å². The first-order valence-corrected chi connectivity index (χ1v) is 11.2. The van der Waals surface area contributed by atoms with Crippen molar-refractivity contribution in [3.8, 4) is 11.1 Å². The number of carboxylic acid groups (broad SMARTS) is 1. The molecule has 0 spiro atoms. The van der Waals surface area contributed by atoms with E-state index in [9.17, 15) is 27.6 Å². The van der Waals surface area contributed by atoms with E-state index in [0.717, 1.165) is 12.0 Å². The number of nitrogens with two attached hydrogens (primary N) is 1. The molecular weight excluding hydrogens is 493 g/mol. The van der Waals surface area contributed by atoms with Crippen molar-refractivity contribution in [1.82, 2.24) is 14.9 Å². The van der Waals surface area contributed by atoms with Gasteiger partial charge in [-0.1, -0.05) is 24.3 Å². The number of hydrogen-bond acceptors (Lipinski definition) is 6. The highest BCUT2D eigenvalue weighted by molar-refractivity contribution is 5.98. The molecule has 0 bridgehead atoms. The van der Waals surface area contributed by atoms with E-state index in [1.54, 1.807) is 24.3 Å². The van der Waals surface area contributed by atoms with Gasteiger partial charge in [0.1, 0.15) is 5.82 Å². The van der Waals surface area contributed by atoms with Crippen LogP contribution in [-0.2, 0) is 11.3 Å². The number of carboxylic acids is 1. The summed E-state index contributed by atoms with van der Waals surface area (Å²) in [5, 5.41) is 13.1. The van der Waals surface area contributed by atoms with Gasteiger partial charge < -0.3 is 16.2 Å². The molecule has 1 aromatic heterocycles. The van der Waals surface area contributed by atoms with Crippen molar-refractivity contribution in [3.05, 3.63) is 76.0 Å². The average Bonchev–Trinajstić information content (AvgIpc) is 2.85. The zero-order valence-electron chi connectivity index (χ0n) is 19.6. The molecule has 196 valence electrons. The van der Waals surface area contributed by atoms with Crippen LogP contribution in [0.15, 0.2) is 47.4 Å². The number of halogens is 3. The summed E-state index contributed by atoms with van der Waals surface area (Å²) in [6, 6.07) is 6.78. The van der Waals surface area contributed by atoms with E-state index in [2.05, 4.69) is 15.3 Å². The molecule has 0 unspecified atom stereocenters. The van der Waals surface area contributed by atoms with E-state index in [0.29, 0.717) is 43.9 Å². The summed E-state index contributed by atoms with van der Waals surface area (Å²) < 4.78 is 40.0. The Hall–Kier alpha value is -4.23. The van der Waals surface area contributed by atoms with Gasteiger partial charge in [0.2, 0.25) is 5.95 Å². The Morgan fingerprint density at radius 2 is 1.73 bits per heavy atom. The molecule has 0 aliphatic carbocycles. The molecule has 0 saturated heterocycles. The maximum Gasteiger partial charge on any atom is 0.326 e. The molecular formula is C24H25F3N6O4. The van der Waals surface area contributed by atoms with E-state index >= 15 is 0 Å². The molecule has 1 heterocycles. The lowest BCUT2D eigenvalue weighted by Gasteiger charge is -2.21. The zero-order valence-corrected chi connectivity index (χ0v) is 19.6. The SMILES string of the molecule is NCCCN(CCC(=O)O)Cc1ccc(-c2cnc(NC(=O)Nc3cc(F)c(F)cc3F)[nH]c2=O)cc1. The van der Waals surface area contributed by atoms with Crippen molar-refractivity contribution in [3.63, 3.8) is 0 Å². The number of carbonyl (C=O) groups is 2. The van der Waals surface area contributed by atoms with Crippen LogP contribution in [0.2, 0.25) is 0 Å². The first-order valence-electron chi connectivity index (χ1n) is 11.2. The molecule has 0 radical (unpaired) electrons. The van der Waals surface area contributed by atoms with Gasteiger partial charge >= 0.3 is 12.0 Å². The maximum absolute atomic E-state index is 13.7. The Bertz CT molecular complexity index is 1320. The Labute approximate surface area is 209 Å². The number of H-pyrrole nitrogens is 1. The molecule has 3 aromatic rings. The van der Waals surface area contributed by atoms with Gasteiger partial charge in [-0.05, 0) is 30.6 Å². The maximum atomic E-state index is 13.7. The molecule has 13 heteroatoms. The predicted octanol–water partition coefficient (Wildman–Crippen LogP) is 3.12. The van der Waals surface area contributed by atoms with Gasteiger partial charge in [-0.2, -0.15) is 0 Å². The smallest absolute Gasteiger partial charge is 0.326 e. The molecule has 3 rings (SSSR count). The summed E-state index contributed by atoms with van der Waals surface area (Å²) >= 11 is 0. The van der Waals surface area contributed by atoms with Gasteiger partial charge in [0, 0.05) is 31.4 Å². The van der Waals surface area contributed by atoms with Crippen molar-refractivity contribution in [2.45, 2.75) is 19.4 Å². The highest BCUT2D eigenvalue weighted by Crippen LogP contribution is 2.19. The Balaban J connectivity index is 1.65. The van der Waals surface area contributed by atoms with Crippen LogP contribution in [0, 0.1) is 17.5 Å². The highest BCUT2D eigenvalue weighted by Gasteiger charge is 2.14. The molecule has 37 heavy (non-hydrogen) atoms.